The largest absolute Gasteiger partial charge is 0.486 e. The molecule has 0 saturated heterocycles. The third-order valence-electron chi connectivity index (χ3n) is 7.29. The highest BCUT2D eigenvalue weighted by Gasteiger charge is 2.48. The fourth-order valence-corrected chi connectivity index (χ4v) is 5.69. The van der Waals surface area contributed by atoms with E-state index in [4.69, 9.17) is 4.74 Å². The van der Waals surface area contributed by atoms with E-state index >= 15 is 0 Å². The lowest BCUT2D eigenvalue weighted by atomic mass is 9.67. The van der Waals surface area contributed by atoms with Gasteiger partial charge in [-0.2, -0.15) is 0 Å². The lowest BCUT2D eigenvalue weighted by molar-refractivity contribution is 0.0401. The highest BCUT2D eigenvalue weighted by Crippen LogP contribution is 2.53. The molecule has 2 atom stereocenters. The number of benzene rings is 2. The molecule has 0 amide bonds. The first-order chi connectivity index (χ1) is 15.3. The van der Waals surface area contributed by atoms with Crippen molar-refractivity contribution in [1.29, 1.82) is 0 Å². The summed E-state index contributed by atoms with van der Waals surface area (Å²) < 4.78 is 9.97. The molecule has 2 aliphatic rings. The van der Waals surface area contributed by atoms with Crippen molar-refractivity contribution >= 4 is 27.9 Å². The number of hydrogen-bond acceptors (Lipinski definition) is 3. The number of pyridine rings is 2. The summed E-state index contributed by atoms with van der Waals surface area (Å²) in [5.41, 5.74) is 3.27. The van der Waals surface area contributed by atoms with Crippen LogP contribution < -0.4 is 15.9 Å². The third-order valence-corrected chi connectivity index (χ3v) is 7.29. The molecule has 0 radical (unpaired) electrons. The van der Waals surface area contributed by atoms with E-state index in [1.165, 1.54) is 0 Å². The fourth-order valence-electron chi connectivity index (χ4n) is 5.69. The van der Waals surface area contributed by atoms with Crippen LogP contribution in [0.5, 0.6) is 5.75 Å². The van der Waals surface area contributed by atoms with E-state index in [9.17, 15) is 9.59 Å². The molecule has 6 rings (SSSR count). The Morgan fingerprint density at radius 3 is 2.12 bits per heavy atom. The molecule has 4 aromatic rings. The Kier molecular flexibility index (Phi) is 3.72. The first-order valence-corrected chi connectivity index (χ1v) is 10.9. The number of fused-ring (bicyclic) bond motifs is 9. The van der Waals surface area contributed by atoms with Crippen LogP contribution in [-0.2, 0) is 14.1 Å². The molecule has 2 aromatic heterocycles. The van der Waals surface area contributed by atoms with Crippen molar-refractivity contribution in [2.75, 3.05) is 0 Å². The van der Waals surface area contributed by atoms with Gasteiger partial charge < -0.3 is 13.9 Å². The normalized spacial score (nSPS) is 20.5. The highest BCUT2D eigenvalue weighted by molar-refractivity contribution is 5.91. The molecule has 0 unspecified atom stereocenters. The van der Waals surface area contributed by atoms with E-state index in [0.29, 0.717) is 16.9 Å². The zero-order valence-corrected chi connectivity index (χ0v) is 18.5. The predicted octanol–water partition coefficient (Wildman–Crippen LogP) is 4.34. The topological polar surface area (TPSA) is 53.2 Å². The van der Waals surface area contributed by atoms with Gasteiger partial charge in [-0.05, 0) is 37.6 Å². The summed E-state index contributed by atoms with van der Waals surface area (Å²) in [6.07, 6.45) is 3.98. The van der Waals surface area contributed by atoms with Crippen molar-refractivity contribution in [3.63, 3.8) is 0 Å². The molecule has 32 heavy (non-hydrogen) atoms. The lowest BCUT2D eigenvalue weighted by Crippen LogP contribution is -2.48. The number of rotatable bonds is 0. The van der Waals surface area contributed by atoms with E-state index in [2.05, 4.69) is 26.0 Å². The summed E-state index contributed by atoms with van der Waals surface area (Å²) in [4.78, 5) is 27.1. The van der Waals surface area contributed by atoms with Crippen molar-refractivity contribution in [3.05, 3.63) is 92.0 Å². The number of nitrogens with zero attached hydrogens (tertiary/aromatic N) is 2. The SMILES string of the molecule is Cn1c(=O)c2c(c3ccccc31)OC(C)(C)[C@H]1C=Cc3c(c4ccccc4n(C)c3=O)[C@H]21. The van der Waals surface area contributed by atoms with Crippen molar-refractivity contribution in [2.24, 2.45) is 20.0 Å². The monoisotopic (exact) mass is 424 g/mol. The third kappa shape index (κ3) is 2.28. The van der Waals surface area contributed by atoms with Gasteiger partial charge in [0, 0.05) is 42.3 Å². The first kappa shape index (κ1) is 19.1. The molecule has 0 N–H and O–H groups in total. The van der Waals surface area contributed by atoms with Gasteiger partial charge in [0.1, 0.15) is 11.4 Å². The van der Waals surface area contributed by atoms with Crippen LogP contribution in [0.3, 0.4) is 0 Å². The maximum absolute atomic E-state index is 13.8. The number of ether oxygens (including phenoxy) is 1. The Balaban J connectivity index is 1.83. The smallest absolute Gasteiger partial charge is 0.258 e. The van der Waals surface area contributed by atoms with E-state index < -0.39 is 5.60 Å². The van der Waals surface area contributed by atoms with Gasteiger partial charge in [0.25, 0.3) is 11.1 Å². The van der Waals surface area contributed by atoms with Gasteiger partial charge >= 0.3 is 0 Å². The van der Waals surface area contributed by atoms with Crippen LogP contribution in [0, 0.1) is 5.92 Å². The van der Waals surface area contributed by atoms with Crippen LogP contribution in [-0.4, -0.2) is 14.7 Å². The van der Waals surface area contributed by atoms with Gasteiger partial charge in [-0.15, -0.1) is 0 Å². The molecule has 0 bridgehead atoms. The van der Waals surface area contributed by atoms with Gasteiger partial charge in [0.15, 0.2) is 0 Å². The van der Waals surface area contributed by atoms with E-state index in [-0.39, 0.29) is 23.0 Å². The van der Waals surface area contributed by atoms with E-state index in [0.717, 1.165) is 27.4 Å². The maximum atomic E-state index is 13.8. The summed E-state index contributed by atoms with van der Waals surface area (Å²) >= 11 is 0. The van der Waals surface area contributed by atoms with E-state index in [1.54, 1.807) is 23.2 Å². The van der Waals surface area contributed by atoms with Crippen LogP contribution >= 0.6 is 0 Å². The van der Waals surface area contributed by atoms with Crippen molar-refractivity contribution in [1.82, 2.24) is 9.13 Å². The van der Waals surface area contributed by atoms with Crippen molar-refractivity contribution < 1.29 is 4.74 Å². The zero-order valence-electron chi connectivity index (χ0n) is 18.5. The van der Waals surface area contributed by atoms with Gasteiger partial charge in [-0.1, -0.05) is 42.5 Å². The van der Waals surface area contributed by atoms with Gasteiger partial charge in [-0.3, -0.25) is 9.59 Å². The molecular weight excluding hydrogens is 400 g/mol. The summed E-state index contributed by atoms with van der Waals surface area (Å²) in [7, 11) is 3.61. The molecule has 5 nitrogen and oxygen atoms in total. The average molecular weight is 425 g/mol. The van der Waals surface area contributed by atoms with Crippen LogP contribution in [0.15, 0.2) is 64.2 Å². The Hall–Kier alpha value is -3.60. The molecular formula is C27H24N2O3. The van der Waals surface area contributed by atoms with Crippen LogP contribution in [0.25, 0.3) is 27.9 Å². The standard InChI is InChI=1S/C27H24N2O3/c1-27(2)18-14-13-17-21(15-9-5-7-11-19(15)28(3)25(17)30)22(18)23-24(32-27)16-10-6-8-12-20(16)29(4)26(23)31/h5-14,18,22H,1-4H3/t18-,22+/m0/s1. The highest BCUT2D eigenvalue weighted by atomic mass is 16.5. The van der Waals surface area contributed by atoms with Gasteiger partial charge in [0.2, 0.25) is 0 Å². The van der Waals surface area contributed by atoms with Gasteiger partial charge in [-0.25, -0.2) is 0 Å². The maximum Gasteiger partial charge on any atom is 0.258 e. The molecule has 0 saturated carbocycles. The van der Waals surface area contributed by atoms with Crippen LogP contribution in [0.4, 0.5) is 0 Å². The van der Waals surface area contributed by atoms with Gasteiger partial charge in [0.05, 0.1) is 16.6 Å². The minimum absolute atomic E-state index is 0.0446. The second kappa shape index (κ2) is 6.22. The van der Waals surface area contributed by atoms with Crippen molar-refractivity contribution in [2.45, 2.75) is 25.4 Å². The Morgan fingerprint density at radius 2 is 1.41 bits per heavy atom. The number of aromatic nitrogens is 2. The molecule has 3 heterocycles. The van der Waals surface area contributed by atoms with Crippen LogP contribution in [0.1, 0.15) is 36.5 Å². The molecule has 0 spiro atoms. The second-order valence-corrected chi connectivity index (χ2v) is 9.40. The summed E-state index contributed by atoms with van der Waals surface area (Å²) in [6, 6.07) is 15.8. The minimum atomic E-state index is -0.552. The Bertz CT molecular complexity index is 1600. The Labute approximate surface area is 185 Å². The molecule has 160 valence electrons. The lowest BCUT2D eigenvalue weighted by Gasteiger charge is -2.46. The van der Waals surface area contributed by atoms with Crippen molar-refractivity contribution in [3.8, 4) is 5.75 Å². The number of aryl methyl sites for hydroxylation is 2. The molecule has 5 heteroatoms. The minimum Gasteiger partial charge on any atom is -0.486 e. The summed E-state index contributed by atoms with van der Waals surface area (Å²) in [6.45, 7) is 4.14. The molecule has 2 aromatic carbocycles. The molecule has 1 aliphatic heterocycles. The quantitative estimate of drug-likeness (QED) is 0.422. The molecule has 1 aliphatic carbocycles. The average Bonchev–Trinajstić information content (AvgIpc) is 2.80. The Morgan fingerprint density at radius 1 is 0.812 bits per heavy atom. The number of para-hydroxylation sites is 2. The van der Waals surface area contributed by atoms with E-state index in [1.807, 2.05) is 48.5 Å². The summed E-state index contributed by atoms with van der Waals surface area (Å²) in [5.74, 6) is 0.295. The predicted molar refractivity (Wildman–Crippen MR) is 127 cm³/mol. The summed E-state index contributed by atoms with van der Waals surface area (Å²) in [5, 5.41) is 1.92. The zero-order chi connectivity index (χ0) is 22.4. The first-order valence-electron chi connectivity index (χ1n) is 10.9. The fraction of sp³-hybridized carbons (Fsp3) is 0.259. The van der Waals surface area contributed by atoms with Crippen LogP contribution in [0.2, 0.25) is 0 Å². The number of hydrogen-bond donors (Lipinski definition) is 0. The second-order valence-electron chi connectivity index (χ2n) is 9.40. The molecule has 0 fully saturated rings.